The first-order valence-corrected chi connectivity index (χ1v) is 12.8. The maximum absolute atomic E-state index is 13.5. The Labute approximate surface area is 226 Å². The van der Waals surface area contributed by atoms with Crippen molar-refractivity contribution in [2.24, 2.45) is 11.8 Å². The number of thiophene rings is 1. The fraction of sp³-hybridized carbons (Fsp3) is 0.708. The molecule has 1 aromatic rings. The highest BCUT2D eigenvalue weighted by Gasteiger charge is 2.43. The number of fused-ring (bicyclic) bond motifs is 2. The van der Waals surface area contributed by atoms with Crippen molar-refractivity contribution in [3.05, 3.63) is 16.0 Å². The lowest BCUT2D eigenvalue weighted by molar-refractivity contribution is -0.136. The molecule has 0 radical (unpaired) electrons. The lowest BCUT2D eigenvalue weighted by Gasteiger charge is -2.45. The van der Waals surface area contributed by atoms with E-state index in [1.807, 2.05) is 28.1 Å². The fourth-order valence-electron chi connectivity index (χ4n) is 5.24. The summed E-state index contributed by atoms with van der Waals surface area (Å²) < 4.78 is 0. The highest BCUT2D eigenvalue weighted by Crippen LogP contribution is 2.43. The summed E-state index contributed by atoms with van der Waals surface area (Å²) in [5, 5.41) is 16.7. The Morgan fingerprint density at radius 2 is 1.94 bits per heavy atom. The minimum atomic E-state index is -0.278. The number of imide groups is 1. The van der Waals surface area contributed by atoms with Crippen LogP contribution in [0.25, 0.3) is 0 Å². The molecule has 3 atom stereocenters. The molecule has 2 N–H and O–H groups in total. The van der Waals surface area contributed by atoms with Crippen molar-refractivity contribution in [1.29, 1.82) is 5.26 Å². The first-order chi connectivity index (χ1) is 15.8. The Morgan fingerprint density at radius 3 is 2.54 bits per heavy atom. The van der Waals surface area contributed by atoms with Crippen LogP contribution in [0, 0.1) is 23.2 Å². The van der Waals surface area contributed by atoms with E-state index in [2.05, 4.69) is 33.6 Å². The van der Waals surface area contributed by atoms with Gasteiger partial charge < -0.3 is 20.4 Å². The molecule has 0 bridgehead atoms. The van der Waals surface area contributed by atoms with Crippen molar-refractivity contribution in [3.8, 4) is 6.07 Å². The molecule has 3 amide bonds. The monoisotopic (exact) mass is 546 g/mol. The zero-order valence-corrected chi connectivity index (χ0v) is 23.9. The summed E-state index contributed by atoms with van der Waals surface area (Å²) in [6.45, 7) is 4.55. The van der Waals surface area contributed by atoms with Gasteiger partial charge >= 0.3 is 6.03 Å². The van der Waals surface area contributed by atoms with Gasteiger partial charge in [-0.15, -0.1) is 36.2 Å². The molecule has 1 fully saturated rings. The number of piperidine rings is 1. The number of amides is 3. The predicted molar refractivity (Wildman–Crippen MR) is 147 cm³/mol. The number of nitrogens with one attached hydrogen (secondary N) is 2. The summed E-state index contributed by atoms with van der Waals surface area (Å²) in [5.41, 5.74) is 1.91. The average Bonchev–Trinajstić information content (AvgIpc) is 3.14. The summed E-state index contributed by atoms with van der Waals surface area (Å²) in [5.74, 6) is 0.0350. The van der Waals surface area contributed by atoms with Gasteiger partial charge in [0.15, 0.2) is 0 Å². The van der Waals surface area contributed by atoms with E-state index < -0.39 is 0 Å². The van der Waals surface area contributed by atoms with Gasteiger partial charge in [0, 0.05) is 37.6 Å². The number of likely N-dealkylation sites (tertiary alicyclic amines) is 1. The first-order valence-electron chi connectivity index (χ1n) is 12.0. The van der Waals surface area contributed by atoms with Gasteiger partial charge in [-0.25, -0.2) is 4.79 Å². The van der Waals surface area contributed by atoms with Gasteiger partial charge in [0.05, 0.1) is 11.5 Å². The van der Waals surface area contributed by atoms with Crippen LogP contribution in [-0.2, 0) is 17.6 Å². The third kappa shape index (κ3) is 7.23. The number of nitrogens with zero attached hydrogens (tertiary/aromatic N) is 4. The van der Waals surface area contributed by atoms with Crippen molar-refractivity contribution in [1.82, 2.24) is 20.0 Å². The van der Waals surface area contributed by atoms with Gasteiger partial charge in [0.1, 0.15) is 11.1 Å². The molecule has 3 rings (SSSR count). The normalized spacial score (nSPS) is 21.0. The van der Waals surface area contributed by atoms with E-state index in [1.54, 1.807) is 11.3 Å². The molecule has 0 aromatic carbocycles. The quantitative estimate of drug-likeness (QED) is 0.485. The van der Waals surface area contributed by atoms with Crippen molar-refractivity contribution in [2.45, 2.75) is 45.1 Å². The largest absolute Gasteiger partial charge is 0.379 e. The number of hydrogen-bond acceptors (Lipinski definition) is 7. The SMILES string of the molecule is CCCN(C(=O)NCCCN(C)C)C(=O)[C@@H]1C[C@@H]2Cc3c(sc(NC)c3C#N)C[C@H]2N(C)C1.Cl.Cl. The van der Waals surface area contributed by atoms with Crippen LogP contribution in [0.5, 0.6) is 0 Å². The highest BCUT2D eigenvalue weighted by atomic mass is 35.5. The Balaban J connectivity index is 0.00000306. The zero-order chi connectivity index (χ0) is 24.1. The Kier molecular flexibility index (Phi) is 12.8. The molecule has 1 aliphatic carbocycles. The van der Waals surface area contributed by atoms with E-state index in [0.717, 1.165) is 54.8 Å². The van der Waals surface area contributed by atoms with Crippen LogP contribution in [0.2, 0.25) is 0 Å². The zero-order valence-electron chi connectivity index (χ0n) is 21.4. The lowest BCUT2D eigenvalue weighted by Crippen LogP contribution is -2.55. The Morgan fingerprint density at radius 1 is 1.23 bits per heavy atom. The highest BCUT2D eigenvalue weighted by molar-refractivity contribution is 7.16. The number of hydrogen-bond donors (Lipinski definition) is 2. The first kappa shape index (κ1) is 31.5. The molecule has 11 heteroatoms. The predicted octanol–water partition coefficient (Wildman–Crippen LogP) is 3.44. The molecule has 2 aliphatic rings. The molecule has 1 aliphatic heterocycles. The Hall–Kier alpha value is -1.57. The van der Waals surface area contributed by atoms with Gasteiger partial charge in [0.25, 0.3) is 0 Å². The van der Waals surface area contributed by atoms with Gasteiger partial charge in [-0.3, -0.25) is 9.69 Å². The van der Waals surface area contributed by atoms with E-state index in [9.17, 15) is 14.9 Å². The van der Waals surface area contributed by atoms with E-state index in [1.165, 1.54) is 9.78 Å². The van der Waals surface area contributed by atoms with E-state index in [4.69, 9.17) is 0 Å². The van der Waals surface area contributed by atoms with Crippen LogP contribution >= 0.6 is 36.2 Å². The number of halogens is 2. The molecule has 35 heavy (non-hydrogen) atoms. The van der Waals surface area contributed by atoms with E-state index in [-0.39, 0.29) is 42.7 Å². The number of carbonyl (C=O) groups excluding carboxylic acids is 2. The number of likely N-dealkylation sites (N-methyl/N-ethyl adjacent to an activating group) is 1. The standard InChI is InChI=1S/C24H38N6O2S.2ClH/c1-6-9-30(24(32)27-8-7-10-28(3)4)23(31)17-11-16-12-18-19(14-25)22(26-2)33-21(18)13-20(16)29(5)15-17;;/h16-17,20,26H,6-13,15H2,1-5H3,(H,27,32);2*1H/t16-,17-,20-;;/m1../s1. The second-order valence-corrected chi connectivity index (χ2v) is 10.7. The van der Waals surface area contributed by atoms with Crippen molar-refractivity contribution >= 4 is 53.1 Å². The summed E-state index contributed by atoms with van der Waals surface area (Å²) >= 11 is 1.69. The van der Waals surface area contributed by atoms with Crippen LogP contribution in [0.1, 0.15) is 42.2 Å². The molecule has 1 aromatic heterocycles. The van der Waals surface area contributed by atoms with Crippen LogP contribution in [0.3, 0.4) is 0 Å². The van der Waals surface area contributed by atoms with Crippen LogP contribution in [0.4, 0.5) is 9.80 Å². The van der Waals surface area contributed by atoms with Crippen LogP contribution in [0.15, 0.2) is 0 Å². The summed E-state index contributed by atoms with van der Waals surface area (Å²) in [4.78, 5) is 33.4. The Bertz CT molecular complexity index is 903. The smallest absolute Gasteiger partial charge is 0.324 e. The molecule has 0 saturated carbocycles. The second kappa shape index (κ2) is 14.2. The number of carbonyl (C=O) groups is 2. The fourth-order valence-corrected chi connectivity index (χ4v) is 6.42. The minimum Gasteiger partial charge on any atom is -0.379 e. The summed E-state index contributed by atoms with van der Waals surface area (Å²) in [7, 11) is 7.96. The molecule has 0 unspecified atom stereocenters. The second-order valence-electron chi connectivity index (χ2n) is 9.56. The maximum atomic E-state index is 13.5. The molecule has 8 nitrogen and oxygen atoms in total. The van der Waals surface area contributed by atoms with Gasteiger partial charge in [-0.1, -0.05) is 6.92 Å². The molecular weight excluding hydrogens is 507 g/mol. The van der Waals surface area contributed by atoms with Crippen LogP contribution in [-0.4, -0.2) is 87.0 Å². The number of nitriles is 1. The van der Waals surface area contributed by atoms with Gasteiger partial charge in [-0.2, -0.15) is 5.26 Å². The van der Waals surface area contributed by atoms with E-state index in [0.29, 0.717) is 31.6 Å². The van der Waals surface area contributed by atoms with E-state index >= 15 is 0 Å². The number of urea groups is 1. The molecule has 198 valence electrons. The topological polar surface area (TPSA) is 91.7 Å². The van der Waals surface area contributed by atoms with Crippen molar-refractivity contribution in [2.75, 3.05) is 59.7 Å². The van der Waals surface area contributed by atoms with Gasteiger partial charge in [-0.05, 0) is 71.3 Å². The number of rotatable bonds is 8. The third-order valence-electron chi connectivity index (χ3n) is 6.86. The van der Waals surface area contributed by atoms with Crippen LogP contribution < -0.4 is 10.6 Å². The lowest BCUT2D eigenvalue weighted by atomic mass is 9.74. The third-order valence-corrected chi connectivity index (χ3v) is 8.13. The van der Waals surface area contributed by atoms with Crippen molar-refractivity contribution < 1.29 is 9.59 Å². The van der Waals surface area contributed by atoms with Crippen molar-refractivity contribution in [3.63, 3.8) is 0 Å². The number of anilines is 1. The molecule has 2 heterocycles. The molecular formula is C24H40Cl2N6O2S. The average molecular weight is 548 g/mol. The summed E-state index contributed by atoms with van der Waals surface area (Å²) in [6, 6.07) is 2.47. The summed E-state index contributed by atoms with van der Waals surface area (Å²) in [6.07, 6.45) is 4.09. The molecule has 0 spiro atoms. The minimum absolute atomic E-state index is 0. The maximum Gasteiger partial charge on any atom is 0.324 e. The van der Waals surface area contributed by atoms with Gasteiger partial charge in [0.2, 0.25) is 5.91 Å². The molecule has 1 saturated heterocycles.